The predicted molar refractivity (Wildman–Crippen MR) is 96.6 cm³/mol. The Labute approximate surface area is 150 Å². The quantitative estimate of drug-likeness (QED) is 0.801. The second-order valence-corrected chi connectivity index (χ2v) is 7.06. The molecule has 1 amide bonds. The minimum Gasteiger partial charge on any atom is -0.351 e. The highest BCUT2D eigenvalue weighted by Crippen LogP contribution is 2.34. The molecular formula is C16H17Cl2N3OS. The van der Waals surface area contributed by atoms with E-state index in [4.69, 9.17) is 35.4 Å². The van der Waals surface area contributed by atoms with E-state index in [-0.39, 0.29) is 18.0 Å². The molecule has 0 bridgehead atoms. The van der Waals surface area contributed by atoms with Crippen LogP contribution in [0.2, 0.25) is 10.0 Å². The molecule has 2 N–H and O–H groups in total. The summed E-state index contributed by atoms with van der Waals surface area (Å²) in [6.07, 6.45) is 2.08. The lowest BCUT2D eigenvalue weighted by atomic mass is 9.94. The van der Waals surface area contributed by atoms with Gasteiger partial charge in [0.2, 0.25) is 0 Å². The van der Waals surface area contributed by atoms with Gasteiger partial charge in [0, 0.05) is 18.8 Å². The van der Waals surface area contributed by atoms with E-state index in [1.807, 2.05) is 24.9 Å². The first-order chi connectivity index (χ1) is 10.9. The molecule has 1 aliphatic carbocycles. The highest BCUT2D eigenvalue weighted by atomic mass is 35.5. The van der Waals surface area contributed by atoms with Crippen molar-refractivity contribution in [2.24, 2.45) is 0 Å². The highest BCUT2D eigenvalue weighted by Gasteiger charge is 2.34. The number of carbonyl (C=O) groups is 1. The van der Waals surface area contributed by atoms with E-state index in [0.29, 0.717) is 20.7 Å². The molecule has 1 aliphatic heterocycles. The summed E-state index contributed by atoms with van der Waals surface area (Å²) < 4.78 is 0. The fraction of sp³-hybridized carbons (Fsp3) is 0.375. The summed E-state index contributed by atoms with van der Waals surface area (Å²) in [5.74, 6) is -0.0667. The lowest BCUT2D eigenvalue weighted by Crippen LogP contribution is -2.47. The molecule has 122 valence electrons. The third kappa shape index (κ3) is 3.32. The number of rotatable bonds is 3. The first-order valence-electron chi connectivity index (χ1n) is 7.39. The molecule has 1 aromatic rings. The van der Waals surface area contributed by atoms with Crippen LogP contribution in [-0.4, -0.2) is 29.0 Å². The first kappa shape index (κ1) is 16.6. The minimum atomic E-state index is -0.341. The largest absolute Gasteiger partial charge is 0.351 e. The Balaban J connectivity index is 2.02. The van der Waals surface area contributed by atoms with E-state index in [1.54, 1.807) is 12.1 Å². The van der Waals surface area contributed by atoms with Gasteiger partial charge in [0.15, 0.2) is 5.11 Å². The molecule has 1 saturated carbocycles. The van der Waals surface area contributed by atoms with Crippen LogP contribution in [0.5, 0.6) is 0 Å². The Kier molecular flexibility index (Phi) is 4.54. The van der Waals surface area contributed by atoms with Crippen LogP contribution < -0.4 is 10.6 Å². The zero-order valence-electron chi connectivity index (χ0n) is 12.8. The third-order valence-corrected chi connectivity index (χ3v) is 5.32. The molecule has 4 nitrogen and oxygen atoms in total. The van der Waals surface area contributed by atoms with Crippen molar-refractivity contribution in [2.45, 2.75) is 31.8 Å². The second kappa shape index (κ2) is 6.30. The Bertz CT molecular complexity index is 715. The van der Waals surface area contributed by atoms with E-state index in [0.717, 1.165) is 24.1 Å². The molecule has 2 aliphatic rings. The highest BCUT2D eigenvalue weighted by molar-refractivity contribution is 7.80. The van der Waals surface area contributed by atoms with Crippen molar-refractivity contribution >= 4 is 46.4 Å². The van der Waals surface area contributed by atoms with Gasteiger partial charge in [0.1, 0.15) is 0 Å². The van der Waals surface area contributed by atoms with Crippen LogP contribution in [0.4, 0.5) is 0 Å². The van der Waals surface area contributed by atoms with Crippen molar-refractivity contribution in [1.82, 2.24) is 15.5 Å². The summed E-state index contributed by atoms with van der Waals surface area (Å²) >= 11 is 17.5. The lowest BCUT2D eigenvalue weighted by molar-refractivity contribution is -0.118. The van der Waals surface area contributed by atoms with Gasteiger partial charge in [-0.2, -0.15) is 0 Å². The van der Waals surface area contributed by atoms with E-state index in [9.17, 15) is 4.79 Å². The van der Waals surface area contributed by atoms with E-state index in [1.165, 1.54) is 0 Å². The van der Waals surface area contributed by atoms with Gasteiger partial charge in [-0.15, -0.1) is 0 Å². The summed E-state index contributed by atoms with van der Waals surface area (Å²) in [5, 5.41) is 7.78. The van der Waals surface area contributed by atoms with Crippen LogP contribution in [0.3, 0.4) is 0 Å². The number of thiocarbonyl (C=S) groups is 1. The van der Waals surface area contributed by atoms with Crippen LogP contribution in [0, 0.1) is 0 Å². The average molecular weight is 370 g/mol. The number of amides is 1. The van der Waals surface area contributed by atoms with Crippen LogP contribution in [0.1, 0.15) is 31.4 Å². The molecular weight excluding hydrogens is 353 g/mol. The zero-order valence-corrected chi connectivity index (χ0v) is 15.1. The topological polar surface area (TPSA) is 44.4 Å². The van der Waals surface area contributed by atoms with E-state index in [2.05, 4.69) is 10.6 Å². The number of allylic oxidation sites excluding steroid dienone is 1. The lowest BCUT2D eigenvalue weighted by Gasteiger charge is -2.36. The van der Waals surface area contributed by atoms with Gasteiger partial charge in [-0.3, -0.25) is 4.79 Å². The SMILES string of the molecule is CC1=C(C(=O)NC2CC2)[C@H](c2ccc(Cl)c(Cl)c2)NC(=S)N1C. The molecule has 23 heavy (non-hydrogen) atoms. The van der Waals surface area contributed by atoms with E-state index >= 15 is 0 Å². The number of carbonyl (C=O) groups excluding carboxylic acids is 1. The average Bonchev–Trinajstić information content (AvgIpc) is 3.31. The number of nitrogens with one attached hydrogen (secondary N) is 2. The maximum atomic E-state index is 12.7. The van der Waals surface area contributed by atoms with Gasteiger partial charge in [-0.05, 0) is 49.7 Å². The van der Waals surface area contributed by atoms with Crippen LogP contribution in [0.25, 0.3) is 0 Å². The molecule has 0 spiro atoms. The molecule has 1 atom stereocenters. The molecule has 1 fully saturated rings. The Hall–Kier alpha value is -1.30. The molecule has 1 heterocycles. The number of hydrogen-bond acceptors (Lipinski definition) is 2. The smallest absolute Gasteiger partial charge is 0.251 e. The van der Waals surface area contributed by atoms with Crippen molar-refractivity contribution in [2.75, 3.05) is 7.05 Å². The maximum absolute atomic E-state index is 12.7. The van der Waals surface area contributed by atoms with Gasteiger partial charge in [-0.1, -0.05) is 29.3 Å². The summed E-state index contributed by atoms with van der Waals surface area (Å²) in [6.45, 7) is 1.90. The molecule has 0 unspecified atom stereocenters. The molecule has 7 heteroatoms. The van der Waals surface area contributed by atoms with Gasteiger partial charge in [0.05, 0.1) is 21.7 Å². The van der Waals surface area contributed by atoms with Gasteiger partial charge in [0.25, 0.3) is 5.91 Å². The Morgan fingerprint density at radius 2 is 2.04 bits per heavy atom. The molecule has 3 rings (SSSR count). The predicted octanol–water partition coefficient (Wildman–Crippen LogP) is 3.41. The fourth-order valence-corrected chi connectivity index (χ4v) is 3.12. The minimum absolute atomic E-state index is 0.0667. The van der Waals surface area contributed by atoms with Crippen molar-refractivity contribution < 1.29 is 4.79 Å². The molecule has 1 aromatic carbocycles. The van der Waals surface area contributed by atoms with Gasteiger partial charge < -0.3 is 15.5 Å². The maximum Gasteiger partial charge on any atom is 0.251 e. The number of benzene rings is 1. The standard InChI is InChI=1S/C16H17Cl2N3OS/c1-8-13(15(22)19-10-4-5-10)14(20-16(23)21(8)2)9-3-6-11(17)12(18)7-9/h3,6-7,10,14H,4-5H2,1-2H3,(H,19,22)(H,20,23)/t14-/m0/s1. The van der Waals surface area contributed by atoms with Crippen molar-refractivity contribution in [1.29, 1.82) is 0 Å². The summed E-state index contributed by atoms with van der Waals surface area (Å²) in [5.41, 5.74) is 2.35. The van der Waals surface area contributed by atoms with Gasteiger partial charge >= 0.3 is 0 Å². The molecule has 0 radical (unpaired) electrons. The first-order valence-corrected chi connectivity index (χ1v) is 8.55. The molecule has 0 saturated heterocycles. The Morgan fingerprint density at radius 1 is 1.35 bits per heavy atom. The second-order valence-electron chi connectivity index (χ2n) is 5.86. The number of hydrogen-bond donors (Lipinski definition) is 2. The summed E-state index contributed by atoms with van der Waals surface area (Å²) in [7, 11) is 1.85. The van der Waals surface area contributed by atoms with Gasteiger partial charge in [-0.25, -0.2) is 0 Å². The normalized spacial score (nSPS) is 21.3. The van der Waals surface area contributed by atoms with Crippen molar-refractivity contribution in [3.8, 4) is 0 Å². The monoisotopic (exact) mass is 369 g/mol. The van der Waals surface area contributed by atoms with Crippen molar-refractivity contribution in [3.63, 3.8) is 0 Å². The zero-order chi connectivity index (χ0) is 16.7. The van der Waals surface area contributed by atoms with E-state index < -0.39 is 0 Å². The van der Waals surface area contributed by atoms with Crippen LogP contribution >= 0.6 is 35.4 Å². The number of nitrogens with zero attached hydrogens (tertiary/aromatic N) is 1. The molecule has 0 aromatic heterocycles. The fourth-order valence-electron chi connectivity index (χ4n) is 2.56. The summed E-state index contributed by atoms with van der Waals surface area (Å²) in [4.78, 5) is 14.5. The summed E-state index contributed by atoms with van der Waals surface area (Å²) in [6, 6.07) is 5.31. The van der Waals surface area contributed by atoms with Crippen molar-refractivity contribution in [3.05, 3.63) is 45.1 Å². The third-order valence-electron chi connectivity index (χ3n) is 4.19. The van der Waals surface area contributed by atoms with Crippen LogP contribution in [-0.2, 0) is 4.79 Å². The Morgan fingerprint density at radius 3 is 2.65 bits per heavy atom. The van der Waals surface area contributed by atoms with Crippen LogP contribution in [0.15, 0.2) is 29.5 Å². The number of halogens is 2.